The van der Waals surface area contributed by atoms with Gasteiger partial charge in [0, 0.05) is 42.0 Å². The third-order valence-electron chi connectivity index (χ3n) is 4.78. The molecule has 4 rings (SSSR count). The molecule has 2 aliphatic rings. The van der Waals surface area contributed by atoms with Crippen LogP contribution in [0.1, 0.15) is 27.9 Å². The Bertz CT molecular complexity index is 821. The van der Waals surface area contributed by atoms with Crippen LogP contribution in [0.4, 0.5) is 5.69 Å². The summed E-state index contributed by atoms with van der Waals surface area (Å²) >= 11 is 0. The maximum Gasteiger partial charge on any atom is 0.258 e. The zero-order valence-electron chi connectivity index (χ0n) is 13.4. The van der Waals surface area contributed by atoms with Crippen LogP contribution in [0.25, 0.3) is 5.70 Å². The third-order valence-corrected chi connectivity index (χ3v) is 4.78. The molecule has 2 aromatic rings. The van der Waals surface area contributed by atoms with E-state index < -0.39 is 0 Å². The molecule has 0 fully saturated rings. The van der Waals surface area contributed by atoms with Crippen molar-refractivity contribution in [3.63, 3.8) is 0 Å². The summed E-state index contributed by atoms with van der Waals surface area (Å²) < 4.78 is 0. The van der Waals surface area contributed by atoms with Crippen molar-refractivity contribution >= 4 is 23.2 Å². The third kappa shape index (κ3) is 2.22. The molecule has 4 heteroatoms. The van der Waals surface area contributed by atoms with Crippen LogP contribution in [-0.2, 0) is 11.2 Å². The number of para-hydroxylation sites is 1. The molecule has 0 radical (unpaired) electrons. The van der Waals surface area contributed by atoms with E-state index in [1.165, 1.54) is 5.56 Å². The van der Waals surface area contributed by atoms with Gasteiger partial charge in [-0.3, -0.25) is 9.59 Å². The summed E-state index contributed by atoms with van der Waals surface area (Å²) in [4.78, 5) is 28.5. The zero-order valence-corrected chi connectivity index (χ0v) is 13.4. The Balaban J connectivity index is 1.46. The molecule has 0 bridgehead atoms. The average Bonchev–Trinajstić information content (AvgIpc) is 3.14. The molecule has 0 spiro atoms. The van der Waals surface area contributed by atoms with Gasteiger partial charge < -0.3 is 9.80 Å². The van der Waals surface area contributed by atoms with E-state index in [9.17, 15) is 9.59 Å². The number of nitrogens with zero attached hydrogens (tertiary/aromatic N) is 2. The molecule has 2 aliphatic heterocycles. The number of carbonyl (C=O) groups is 2. The van der Waals surface area contributed by atoms with Gasteiger partial charge >= 0.3 is 0 Å². The molecule has 0 unspecified atom stereocenters. The Morgan fingerprint density at radius 2 is 1.75 bits per heavy atom. The Morgan fingerprint density at radius 3 is 2.54 bits per heavy atom. The highest BCUT2D eigenvalue weighted by Gasteiger charge is 2.31. The molecule has 2 amide bonds. The molecule has 0 saturated carbocycles. The van der Waals surface area contributed by atoms with Crippen molar-refractivity contribution in [1.29, 1.82) is 0 Å². The standard InChI is InChI=1S/C20H18N2O2/c1-14-16-7-3-4-8-17(16)20(24)21(14)13-11-19(23)22-12-10-15-6-2-5-9-18(15)22/h2-9H,1,10-13H2. The summed E-state index contributed by atoms with van der Waals surface area (Å²) in [6.45, 7) is 5.10. The highest BCUT2D eigenvalue weighted by Crippen LogP contribution is 2.32. The van der Waals surface area contributed by atoms with Crippen LogP contribution in [0.2, 0.25) is 0 Å². The molecule has 120 valence electrons. The molecule has 4 nitrogen and oxygen atoms in total. The van der Waals surface area contributed by atoms with Gasteiger partial charge in [0.15, 0.2) is 0 Å². The van der Waals surface area contributed by atoms with E-state index in [4.69, 9.17) is 0 Å². The van der Waals surface area contributed by atoms with E-state index in [-0.39, 0.29) is 11.8 Å². The van der Waals surface area contributed by atoms with Gasteiger partial charge in [0.2, 0.25) is 5.91 Å². The van der Waals surface area contributed by atoms with E-state index in [1.807, 2.05) is 41.3 Å². The lowest BCUT2D eigenvalue weighted by molar-refractivity contribution is -0.118. The number of amides is 2. The minimum atomic E-state index is -0.0646. The second-order valence-electron chi connectivity index (χ2n) is 6.12. The van der Waals surface area contributed by atoms with Gasteiger partial charge in [-0.2, -0.15) is 0 Å². The van der Waals surface area contributed by atoms with Crippen molar-refractivity contribution in [2.24, 2.45) is 0 Å². The summed E-state index contributed by atoms with van der Waals surface area (Å²) in [5.41, 5.74) is 4.42. The number of rotatable bonds is 3. The van der Waals surface area contributed by atoms with Crippen molar-refractivity contribution < 1.29 is 9.59 Å². The van der Waals surface area contributed by atoms with Gasteiger partial charge in [-0.05, 0) is 24.1 Å². The fraction of sp³-hybridized carbons (Fsp3) is 0.200. The quantitative estimate of drug-likeness (QED) is 0.872. The van der Waals surface area contributed by atoms with Gasteiger partial charge in [-0.15, -0.1) is 0 Å². The van der Waals surface area contributed by atoms with Gasteiger partial charge in [-0.1, -0.05) is 43.0 Å². The fourth-order valence-electron chi connectivity index (χ4n) is 3.51. The summed E-state index contributed by atoms with van der Waals surface area (Å²) in [7, 11) is 0. The highest BCUT2D eigenvalue weighted by atomic mass is 16.2. The van der Waals surface area contributed by atoms with Crippen molar-refractivity contribution in [2.75, 3.05) is 18.0 Å². The number of carbonyl (C=O) groups excluding carboxylic acids is 2. The van der Waals surface area contributed by atoms with E-state index in [0.717, 1.165) is 17.7 Å². The minimum absolute atomic E-state index is 0.0523. The maximum absolute atomic E-state index is 12.6. The first-order valence-corrected chi connectivity index (χ1v) is 8.15. The van der Waals surface area contributed by atoms with Crippen molar-refractivity contribution in [3.8, 4) is 0 Å². The van der Waals surface area contributed by atoms with Crippen LogP contribution >= 0.6 is 0 Å². The molecule has 0 aromatic heterocycles. The van der Waals surface area contributed by atoms with Crippen LogP contribution in [0, 0.1) is 0 Å². The Labute approximate surface area is 141 Å². The average molecular weight is 318 g/mol. The molecule has 24 heavy (non-hydrogen) atoms. The minimum Gasteiger partial charge on any atom is -0.312 e. The maximum atomic E-state index is 12.6. The molecular weight excluding hydrogens is 300 g/mol. The number of anilines is 1. The predicted octanol–water partition coefficient (Wildman–Crippen LogP) is 3.09. The lowest BCUT2D eigenvalue weighted by atomic mass is 10.1. The molecule has 0 saturated heterocycles. The largest absolute Gasteiger partial charge is 0.312 e. The molecule has 0 atom stereocenters. The second-order valence-corrected chi connectivity index (χ2v) is 6.12. The molecule has 2 heterocycles. The van der Waals surface area contributed by atoms with Crippen LogP contribution in [0.15, 0.2) is 55.1 Å². The Hall–Kier alpha value is -2.88. The Kier molecular flexibility index (Phi) is 3.45. The van der Waals surface area contributed by atoms with E-state index >= 15 is 0 Å². The van der Waals surface area contributed by atoms with Crippen molar-refractivity contribution in [3.05, 3.63) is 71.8 Å². The topological polar surface area (TPSA) is 40.6 Å². The SMILES string of the molecule is C=C1c2ccccc2C(=O)N1CCC(=O)N1CCc2ccccc21. The summed E-state index contributed by atoms with van der Waals surface area (Å²) in [5, 5.41) is 0. The summed E-state index contributed by atoms with van der Waals surface area (Å²) in [6, 6.07) is 15.4. The van der Waals surface area contributed by atoms with Crippen LogP contribution in [0.5, 0.6) is 0 Å². The smallest absolute Gasteiger partial charge is 0.258 e. The van der Waals surface area contributed by atoms with Crippen LogP contribution in [-0.4, -0.2) is 29.8 Å². The normalized spacial score (nSPS) is 15.7. The number of fused-ring (bicyclic) bond motifs is 2. The van der Waals surface area contributed by atoms with E-state index in [2.05, 4.69) is 12.6 Å². The second kappa shape index (κ2) is 5.64. The molecule has 0 N–H and O–H groups in total. The molecule has 0 aliphatic carbocycles. The lowest BCUT2D eigenvalue weighted by Gasteiger charge is -2.21. The van der Waals surface area contributed by atoms with Crippen molar-refractivity contribution in [2.45, 2.75) is 12.8 Å². The number of hydrogen-bond acceptors (Lipinski definition) is 2. The van der Waals surface area contributed by atoms with Crippen LogP contribution < -0.4 is 4.90 Å². The first kappa shape index (κ1) is 14.7. The van der Waals surface area contributed by atoms with Crippen LogP contribution in [0.3, 0.4) is 0 Å². The van der Waals surface area contributed by atoms with E-state index in [1.54, 1.807) is 11.0 Å². The first-order valence-electron chi connectivity index (χ1n) is 8.15. The monoisotopic (exact) mass is 318 g/mol. The Morgan fingerprint density at radius 1 is 1.04 bits per heavy atom. The van der Waals surface area contributed by atoms with Gasteiger partial charge in [0.05, 0.1) is 0 Å². The van der Waals surface area contributed by atoms with Gasteiger partial charge in [0.25, 0.3) is 5.91 Å². The fourth-order valence-corrected chi connectivity index (χ4v) is 3.51. The predicted molar refractivity (Wildman–Crippen MR) is 93.6 cm³/mol. The number of hydrogen-bond donors (Lipinski definition) is 0. The molecule has 2 aromatic carbocycles. The zero-order chi connectivity index (χ0) is 16.7. The van der Waals surface area contributed by atoms with Crippen molar-refractivity contribution in [1.82, 2.24) is 4.90 Å². The first-order chi connectivity index (χ1) is 11.7. The highest BCUT2D eigenvalue weighted by molar-refractivity contribution is 6.09. The van der Waals surface area contributed by atoms with Gasteiger partial charge in [-0.25, -0.2) is 0 Å². The van der Waals surface area contributed by atoms with E-state index in [0.29, 0.717) is 30.8 Å². The van der Waals surface area contributed by atoms with Gasteiger partial charge in [0.1, 0.15) is 0 Å². The lowest BCUT2D eigenvalue weighted by Crippen LogP contribution is -2.33. The number of benzene rings is 2. The summed E-state index contributed by atoms with van der Waals surface area (Å²) in [5.74, 6) is -0.0123. The summed E-state index contributed by atoms with van der Waals surface area (Å²) in [6.07, 6.45) is 1.19. The molecular formula is C20H18N2O2.